The molecule has 3 rings (SSSR count). The fourth-order valence-electron chi connectivity index (χ4n) is 2.65. The molecule has 0 bridgehead atoms. The molecule has 0 aromatic heterocycles. The Labute approximate surface area is 170 Å². The van der Waals surface area contributed by atoms with Crippen LogP contribution in [0.25, 0.3) is 0 Å². The zero-order chi connectivity index (χ0) is 20.9. The fraction of sp³-hybridized carbons (Fsp3) is 0.136. The van der Waals surface area contributed by atoms with Crippen molar-refractivity contribution in [3.8, 4) is 5.75 Å². The van der Waals surface area contributed by atoms with E-state index in [1.54, 1.807) is 36.4 Å². The first-order valence-electron chi connectivity index (χ1n) is 8.98. The lowest BCUT2D eigenvalue weighted by Gasteiger charge is -2.10. The van der Waals surface area contributed by atoms with Gasteiger partial charge in [0.05, 0.1) is 12.0 Å². The first kappa shape index (κ1) is 20.4. The van der Waals surface area contributed by atoms with Crippen molar-refractivity contribution >= 4 is 21.6 Å². The zero-order valence-corrected chi connectivity index (χ0v) is 17.0. The quantitative estimate of drug-likeness (QED) is 0.622. The van der Waals surface area contributed by atoms with Crippen LogP contribution < -0.4 is 14.8 Å². The Balaban J connectivity index is 1.62. The van der Waals surface area contributed by atoms with Crippen molar-refractivity contribution in [3.63, 3.8) is 0 Å². The monoisotopic (exact) mass is 410 g/mol. The number of nitrogens with one attached hydrogen (secondary N) is 2. The standard InChI is InChI=1S/C22H22N2O4S/c1-16-3-5-17(6-4-16)15-23-22(25)18-7-9-19(10-8-18)24-29(26,27)21-13-11-20(28-2)12-14-21/h3-14,24H,15H2,1-2H3,(H,23,25). The van der Waals surface area contributed by atoms with Crippen LogP contribution >= 0.6 is 0 Å². The van der Waals surface area contributed by atoms with E-state index in [-0.39, 0.29) is 10.8 Å². The molecule has 0 atom stereocenters. The lowest BCUT2D eigenvalue weighted by Crippen LogP contribution is -2.22. The Morgan fingerprint density at radius 2 is 1.52 bits per heavy atom. The first-order valence-corrected chi connectivity index (χ1v) is 10.5. The van der Waals surface area contributed by atoms with Crippen molar-refractivity contribution in [2.75, 3.05) is 11.8 Å². The van der Waals surface area contributed by atoms with Crippen molar-refractivity contribution in [2.24, 2.45) is 0 Å². The van der Waals surface area contributed by atoms with Crippen molar-refractivity contribution in [1.82, 2.24) is 5.32 Å². The topological polar surface area (TPSA) is 84.5 Å². The smallest absolute Gasteiger partial charge is 0.261 e. The molecule has 0 fully saturated rings. The summed E-state index contributed by atoms with van der Waals surface area (Å²) in [6, 6.07) is 20.3. The summed E-state index contributed by atoms with van der Waals surface area (Å²) in [4.78, 5) is 12.4. The molecule has 3 aromatic carbocycles. The number of ether oxygens (including phenoxy) is 1. The molecule has 29 heavy (non-hydrogen) atoms. The van der Waals surface area contributed by atoms with E-state index in [2.05, 4.69) is 10.0 Å². The molecule has 0 spiro atoms. The van der Waals surface area contributed by atoms with E-state index in [9.17, 15) is 13.2 Å². The molecule has 1 amide bonds. The molecular weight excluding hydrogens is 388 g/mol. The van der Waals surface area contributed by atoms with Crippen molar-refractivity contribution < 1.29 is 17.9 Å². The van der Waals surface area contributed by atoms with Gasteiger partial charge in [0.1, 0.15) is 5.75 Å². The highest BCUT2D eigenvalue weighted by Gasteiger charge is 2.14. The van der Waals surface area contributed by atoms with Gasteiger partial charge in [-0.3, -0.25) is 9.52 Å². The lowest BCUT2D eigenvalue weighted by molar-refractivity contribution is 0.0951. The van der Waals surface area contributed by atoms with E-state index in [1.807, 2.05) is 31.2 Å². The summed E-state index contributed by atoms with van der Waals surface area (Å²) in [7, 11) is -2.21. The molecule has 6 nitrogen and oxygen atoms in total. The summed E-state index contributed by atoms with van der Waals surface area (Å²) in [5, 5.41) is 2.85. The average Bonchev–Trinajstić information content (AvgIpc) is 2.73. The van der Waals surface area contributed by atoms with Gasteiger partial charge in [-0.05, 0) is 61.0 Å². The predicted octanol–water partition coefficient (Wildman–Crippen LogP) is 3.73. The molecule has 0 saturated carbocycles. The summed E-state index contributed by atoms with van der Waals surface area (Å²) < 4.78 is 32.5. The second-order valence-electron chi connectivity index (χ2n) is 6.53. The third kappa shape index (κ3) is 5.36. The molecule has 7 heteroatoms. The summed E-state index contributed by atoms with van der Waals surface area (Å²) in [6.07, 6.45) is 0. The molecule has 3 aromatic rings. The molecule has 2 N–H and O–H groups in total. The molecule has 0 saturated heterocycles. The Morgan fingerprint density at radius 3 is 2.10 bits per heavy atom. The van der Waals surface area contributed by atoms with Gasteiger partial charge in [-0.1, -0.05) is 29.8 Å². The van der Waals surface area contributed by atoms with E-state index in [1.165, 1.54) is 19.2 Å². The van der Waals surface area contributed by atoms with E-state index in [0.717, 1.165) is 11.1 Å². The SMILES string of the molecule is COc1ccc(S(=O)(=O)Nc2ccc(C(=O)NCc3ccc(C)cc3)cc2)cc1. The van der Waals surface area contributed by atoms with Gasteiger partial charge in [-0.25, -0.2) is 8.42 Å². The van der Waals surface area contributed by atoms with E-state index in [4.69, 9.17) is 4.74 Å². The number of hydrogen-bond donors (Lipinski definition) is 2. The number of amides is 1. The van der Waals surface area contributed by atoms with Crippen molar-refractivity contribution in [1.29, 1.82) is 0 Å². The van der Waals surface area contributed by atoms with Gasteiger partial charge < -0.3 is 10.1 Å². The molecule has 0 aliphatic carbocycles. The van der Waals surface area contributed by atoms with Crippen LogP contribution in [0.15, 0.2) is 77.7 Å². The van der Waals surface area contributed by atoms with Gasteiger partial charge >= 0.3 is 0 Å². The third-order valence-electron chi connectivity index (χ3n) is 4.34. The molecule has 0 aliphatic heterocycles. The van der Waals surface area contributed by atoms with Crippen LogP contribution in [-0.4, -0.2) is 21.4 Å². The number of carbonyl (C=O) groups excluding carboxylic acids is 1. The van der Waals surface area contributed by atoms with Gasteiger partial charge in [-0.15, -0.1) is 0 Å². The fourth-order valence-corrected chi connectivity index (χ4v) is 3.71. The molecule has 0 heterocycles. The predicted molar refractivity (Wildman–Crippen MR) is 113 cm³/mol. The van der Waals surface area contributed by atoms with Crippen molar-refractivity contribution in [2.45, 2.75) is 18.4 Å². The molecule has 0 aliphatic rings. The lowest BCUT2D eigenvalue weighted by atomic mass is 10.1. The number of carbonyl (C=O) groups is 1. The maximum atomic E-state index is 12.5. The molecule has 0 radical (unpaired) electrons. The van der Waals surface area contributed by atoms with Crippen LogP contribution in [0.2, 0.25) is 0 Å². The number of benzene rings is 3. The third-order valence-corrected chi connectivity index (χ3v) is 5.74. The van der Waals surface area contributed by atoms with Crippen molar-refractivity contribution in [3.05, 3.63) is 89.5 Å². The van der Waals surface area contributed by atoms with E-state index in [0.29, 0.717) is 23.5 Å². The summed E-state index contributed by atoms with van der Waals surface area (Å²) in [5.74, 6) is 0.347. The Morgan fingerprint density at radius 1 is 0.897 bits per heavy atom. The summed E-state index contributed by atoms with van der Waals surface area (Å²) in [5.41, 5.74) is 2.99. The molecule has 150 valence electrons. The van der Waals surface area contributed by atoms with E-state index < -0.39 is 10.0 Å². The number of methoxy groups -OCH3 is 1. The Kier molecular flexibility index (Phi) is 6.19. The average molecular weight is 410 g/mol. The number of sulfonamides is 1. The van der Waals surface area contributed by atoms with Crippen LogP contribution in [0.3, 0.4) is 0 Å². The minimum atomic E-state index is -3.73. The normalized spacial score (nSPS) is 11.0. The zero-order valence-electron chi connectivity index (χ0n) is 16.2. The highest BCUT2D eigenvalue weighted by molar-refractivity contribution is 7.92. The second-order valence-corrected chi connectivity index (χ2v) is 8.21. The second kappa shape index (κ2) is 8.79. The Bertz CT molecular complexity index is 1080. The van der Waals surface area contributed by atoms with Crippen LogP contribution in [0.4, 0.5) is 5.69 Å². The van der Waals surface area contributed by atoms with Gasteiger partial charge in [0.15, 0.2) is 0 Å². The highest BCUT2D eigenvalue weighted by atomic mass is 32.2. The summed E-state index contributed by atoms with van der Waals surface area (Å²) in [6.45, 7) is 2.43. The van der Waals surface area contributed by atoms with Crippen LogP contribution in [0.5, 0.6) is 5.75 Å². The first-order chi connectivity index (χ1) is 13.9. The molecular formula is C22H22N2O4S. The highest BCUT2D eigenvalue weighted by Crippen LogP contribution is 2.19. The van der Waals surface area contributed by atoms with Crippen LogP contribution in [0, 0.1) is 6.92 Å². The van der Waals surface area contributed by atoms with Gasteiger partial charge in [0.2, 0.25) is 0 Å². The maximum absolute atomic E-state index is 12.5. The maximum Gasteiger partial charge on any atom is 0.261 e. The van der Waals surface area contributed by atoms with Gasteiger partial charge in [0, 0.05) is 17.8 Å². The number of hydrogen-bond acceptors (Lipinski definition) is 4. The number of aryl methyl sites for hydroxylation is 1. The molecule has 0 unspecified atom stereocenters. The minimum absolute atomic E-state index is 0.123. The largest absolute Gasteiger partial charge is 0.497 e. The number of rotatable bonds is 7. The van der Waals surface area contributed by atoms with Crippen LogP contribution in [-0.2, 0) is 16.6 Å². The van der Waals surface area contributed by atoms with Gasteiger partial charge in [-0.2, -0.15) is 0 Å². The summed E-state index contributed by atoms with van der Waals surface area (Å²) >= 11 is 0. The number of anilines is 1. The van der Waals surface area contributed by atoms with Crippen LogP contribution in [0.1, 0.15) is 21.5 Å². The van der Waals surface area contributed by atoms with E-state index >= 15 is 0 Å². The Hall–Kier alpha value is -3.32. The van der Waals surface area contributed by atoms with Gasteiger partial charge in [0.25, 0.3) is 15.9 Å². The minimum Gasteiger partial charge on any atom is -0.497 e.